The van der Waals surface area contributed by atoms with Gasteiger partial charge in [0, 0.05) is 30.2 Å². The van der Waals surface area contributed by atoms with Crippen molar-refractivity contribution >= 4 is 27.6 Å². The Bertz CT molecular complexity index is 1550. The molecule has 1 unspecified atom stereocenters. The minimum absolute atomic E-state index is 0.0307. The molecular formula is C29H31N5O4S. The number of rotatable bonds is 10. The molecule has 1 atom stereocenters. The van der Waals surface area contributed by atoms with Crippen LogP contribution in [0.5, 0.6) is 0 Å². The first-order valence-electron chi connectivity index (χ1n) is 12.6. The van der Waals surface area contributed by atoms with Gasteiger partial charge in [-0.15, -0.1) is 0 Å². The number of hydrogen-bond donors (Lipinski definition) is 3. The van der Waals surface area contributed by atoms with E-state index in [1.165, 1.54) is 6.07 Å². The SMILES string of the molecule is CCCC(=O)Nc1cccc(-n2ccnc2C(Cc2ccccc2)NC(=O)NS(=O)(=O)c2ccccc2C)c1. The summed E-state index contributed by atoms with van der Waals surface area (Å²) in [4.78, 5) is 29.7. The highest BCUT2D eigenvalue weighted by molar-refractivity contribution is 7.90. The molecule has 0 aliphatic heterocycles. The normalized spacial score (nSPS) is 11.9. The number of hydrogen-bond acceptors (Lipinski definition) is 5. The lowest BCUT2D eigenvalue weighted by atomic mass is 10.1. The van der Waals surface area contributed by atoms with E-state index in [1.54, 1.807) is 48.1 Å². The Hall–Kier alpha value is -4.44. The van der Waals surface area contributed by atoms with Gasteiger partial charge in [-0.05, 0) is 55.2 Å². The third-order valence-corrected chi connectivity index (χ3v) is 7.56. The molecule has 0 saturated heterocycles. The van der Waals surface area contributed by atoms with E-state index in [1.807, 2.05) is 55.5 Å². The Morgan fingerprint density at radius 2 is 1.72 bits per heavy atom. The summed E-state index contributed by atoms with van der Waals surface area (Å²) in [6.45, 7) is 3.61. The zero-order valence-electron chi connectivity index (χ0n) is 21.8. The minimum Gasteiger partial charge on any atom is -0.327 e. The van der Waals surface area contributed by atoms with Crippen molar-refractivity contribution in [3.63, 3.8) is 0 Å². The number of imidazole rings is 1. The van der Waals surface area contributed by atoms with E-state index in [-0.39, 0.29) is 10.8 Å². The van der Waals surface area contributed by atoms with Crippen LogP contribution in [-0.4, -0.2) is 29.9 Å². The van der Waals surface area contributed by atoms with Gasteiger partial charge >= 0.3 is 6.03 Å². The summed E-state index contributed by atoms with van der Waals surface area (Å²) in [7, 11) is -4.09. The van der Waals surface area contributed by atoms with Crippen LogP contribution < -0.4 is 15.4 Å². The van der Waals surface area contributed by atoms with Gasteiger partial charge in [-0.25, -0.2) is 22.9 Å². The first-order chi connectivity index (χ1) is 18.8. The summed E-state index contributed by atoms with van der Waals surface area (Å²) in [6, 6.07) is 21.8. The molecule has 0 spiro atoms. The van der Waals surface area contributed by atoms with Crippen molar-refractivity contribution in [3.8, 4) is 5.69 Å². The molecule has 0 saturated carbocycles. The van der Waals surface area contributed by atoms with Crippen molar-refractivity contribution in [2.24, 2.45) is 0 Å². The van der Waals surface area contributed by atoms with E-state index in [9.17, 15) is 18.0 Å². The Morgan fingerprint density at radius 1 is 0.974 bits per heavy atom. The lowest BCUT2D eigenvalue weighted by Crippen LogP contribution is -2.42. The number of benzene rings is 3. The molecule has 39 heavy (non-hydrogen) atoms. The van der Waals surface area contributed by atoms with Gasteiger partial charge in [-0.1, -0.05) is 61.5 Å². The number of carbonyl (C=O) groups excluding carboxylic acids is 2. The average Bonchev–Trinajstić information content (AvgIpc) is 3.39. The summed E-state index contributed by atoms with van der Waals surface area (Å²) >= 11 is 0. The third kappa shape index (κ3) is 7.11. The van der Waals surface area contributed by atoms with Crippen molar-refractivity contribution in [1.29, 1.82) is 0 Å². The largest absolute Gasteiger partial charge is 0.329 e. The van der Waals surface area contributed by atoms with Gasteiger partial charge in [0.2, 0.25) is 5.91 Å². The van der Waals surface area contributed by atoms with Gasteiger partial charge < -0.3 is 15.2 Å². The number of sulfonamides is 1. The molecule has 3 amide bonds. The van der Waals surface area contributed by atoms with Crippen molar-refractivity contribution in [2.75, 3.05) is 5.32 Å². The number of aromatic nitrogens is 2. The number of anilines is 1. The standard InChI is InChI=1S/C29H31N5O4S/c1-3-10-27(35)31-23-14-9-15-24(20-23)34-18-17-30-28(34)25(19-22-12-5-4-6-13-22)32-29(36)33-39(37,38)26-16-8-7-11-21(26)2/h4-9,11-18,20,25H,3,10,19H2,1-2H3,(H,31,35)(H2,32,33,36). The summed E-state index contributed by atoms with van der Waals surface area (Å²) in [5.41, 5.74) is 2.82. The van der Waals surface area contributed by atoms with Crippen LogP contribution in [0.1, 0.15) is 42.8 Å². The smallest absolute Gasteiger partial charge is 0.327 e. The second-order valence-electron chi connectivity index (χ2n) is 9.09. The number of amides is 3. The fraction of sp³-hybridized carbons (Fsp3) is 0.207. The van der Waals surface area contributed by atoms with Crippen molar-refractivity contribution in [1.82, 2.24) is 19.6 Å². The number of nitrogens with zero attached hydrogens (tertiary/aromatic N) is 2. The Morgan fingerprint density at radius 3 is 2.46 bits per heavy atom. The maximum absolute atomic E-state index is 13.0. The van der Waals surface area contributed by atoms with E-state index in [0.29, 0.717) is 29.9 Å². The Labute approximate surface area is 228 Å². The molecule has 3 N–H and O–H groups in total. The van der Waals surface area contributed by atoms with Crippen LogP contribution in [0.2, 0.25) is 0 Å². The highest BCUT2D eigenvalue weighted by Gasteiger charge is 2.25. The third-order valence-electron chi connectivity index (χ3n) is 6.06. The van der Waals surface area contributed by atoms with Crippen LogP contribution in [0.15, 0.2) is 96.2 Å². The fourth-order valence-corrected chi connectivity index (χ4v) is 5.42. The predicted molar refractivity (Wildman–Crippen MR) is 150 cm³/mol. The summed E-state index contributed by atoms with van der Waals surface area (Å²) in [5.74, 6) is 0.426. The molecule has 4 aromatic rings. The van der Waals surface area contributed by atoms with Crippen LogP contribution >= 0.6 is 0 Å². The highest BCUT2D eigenvalue weighted by atomic mass is 32.2. The second-order valence-corrected chi connectivity index (χ2v) is 10.7. The van der Waals surface area contributed by atoms with E-state index in [2.05, 4.69) is 20.3 Å². The first kappa shape index (κ1) is 27.6. The lowest BCUT2D eigenvalue weighted by molar-refractivity contribution is -0.116. The van der Waals surface area contributed by atoms with E-state index >= 15 is 0 Å². The molecule has 0 fully saturated rings. The molecule has 9 nitrogen and oxygen atoms in total. The van der Waals surface area contributed by atoms with Crippen LogP contribution in [0.25, 0.3) is 5.69 Å². The Balaban J connectivity index is 1.62. The number of carbonyl (C=O) groups is 2. The molecule has 0 radical (unpaired) electrons. The van der Waals surface area contributed by atoms with Gasteiger partial charge in [0.25, 0.3) is 10.0 Å². The molecular weight excluding hydrogens is 514 g/mol. The molecule has 0 bridgehead atoms. The maximum Gasteiger partial charge on any atom is 0.329 e. The van der Waals surface area contributed by atoms with Gasteiger partial charge in [-0.3, -0.25) is 4.79 Å². The van der Waals surface area contributed by atoms with Crippen LogP contribution in [-0.2, 0) is 21.2 Å². The van der Waals surface area contributed by atoms with Crippen LogP contribution in [0.4, 0.5) is 10.5 Å². The van der Waals surface area contributed by atoms with Gasteiger partial charge in [0.05, 0.1) is 10.9 Å². The van der Waals surface area contributed by atoms with Gasteiger partial charge in [0.1, 0.15) is 5.82 Å². The quantitative estimate of drug-likeness (QED) is 0.262. The second kappa shape index (κ2) is 12.4. The minimum atomic E-state index is -4.09. The van der Waals surface area contributed by atoms with E-state index in [0.717, 1.165) is 17.7 Å². The van der Waals surface area contributed by atoms with Crippen molar-refractivity contribution in [2.45, 2.75) is 44.0 Å². The molecule has 1 aromatic heterocycles. The zero-order valence-corrected chi connectivity index (χ0v) is 22.6. The fourth-order valence-electron chi connectivity index (χ4n) is 4.25. The highest BCUT2D eigenvalue weighted by Crippen LogP contribution is 2.23. The van der Waals surface area contributed by atoms with E-state index in [4.69, 9.17) is 0 Å². The molecule has 0 aliphatic carbocycles. The Kier molecular flexibility index (Phi) is 8.77. The first-order valence-corrected chi connectivity index (χ1v) is 14.1. The molecule has 1 heterocycles. The molecule has 4 rings (SSSR count). The summed E-state index contributed by atoms with van der Waals surface area (Å²) < 4.78 is 29.8. The van der Waals surface area contributed by atoms with Crippen molar-refractivity contribution < 1.29 is 18.0 Å². The zero-order chi connectivity index (χ0) is 27.8. The monoisotopic (exact) mass is 545 g/mol. The molecule has 10 heteroatoms. The maximum atomic E-state index is 13.0. The average molecular weight is 546 g/mol. The van der Waals surface area contributed by atoms with E-state index < -0.39 is 22.1 Å². The molecule has 202 valence electrons. The van der Waals surface area contributed by atoms with Crippen LogP contribution in [0, 0.1) is 6.92 Å². The summed E-state index contributed by atoms with van der Waals surface area (Å²) in [5, 5.41) is 5.70. The van der Waals surface area contributed by atoms with Gasteiger partial charge in [-0.2, -0.15) is 0 Å². The number of urea groups is 1. The summed E-state index contributed by atoms with van der Waals surface area (Å²) in [6.07, 6.45) is 4.89. The number of aryl methyl sites for hydroxylation is 1. The topological polar surface area (TPSA) is 122 Å². The van der Waals surface area contributed by atoms with Crippen LogP contribution in [0.3, 0.4) is 0 Å². The van der Waals surface area contributed by atoms with Gasteiger partial charge in [0.15, 0.2) is 0 Å². The molecule has 3 aromatic carbocycles. The predicted octanol–water partition coefficient (Wildman–Crippen LogP) is 4.89. The molecule has 0 aliphatic rings. The lowest BCUT2D eigenvalue weighted by Gasteiger charge is -2.21. The number of nitrogens with one attached hydrogen (secondary N) is 3. The van der Waals surface area contributed by atoms with Crippen molar-refractivity contribution in [3.05, 3.63) is 108 Å².